The van der Waals surface area contributed by atoms with Gasteiger partial charge in [-0.15, -0.1) is 0 Å². The lowest BCUT2D eigenvalue weighted by molar-refractivity contribution is -0.138. The fourth-order valence-electron chi connectivity index (χ4n) is 3.98. The summed E-state index contributed by atoms with van der Waals surface area (Å²) in [5.41, 5.74) is -4.61. The van der Waals surface area contributed by atoms with Crippen LogP contribution < -0.4 is 8.57 Å². The van der Waals surface area contributed by atoms with Crippen molar-refractivity contribution in [3.63, 3.8) is 0 Å². The smallest absolute Gasteiger partial charge is 0.416 e. The summed E-state index contributed by atoms with van der Waals surface area (Å²) < 4.78 is 136. The van der Waals surface area contributed by atoms with Crippen molar-refractivity contribution in [2.75, 3.05) is 0 Å². The number of benzene rings is 2. The Hall–Kier alpha value is -4.72. The van der Waals surface area contributed by atoms with E-state index in [0.717, 1.165) is 0 Å². The Kier molecular flexibility index (Phi) is 6.09. The second kappa shape index (κ2) is 8.89. The molecule has 0 fully saturated rings. The van der Waals surface area contributed by atoms with E-state index in [1.165, 1.54) is 0 Å². The van der Waals surface area contributed by atoms with Crippen LogP contribution in [0.1, 0.15) is 11.1 Å². The molecule has 0 amide bonds. The molecular formula is C22H12F6N2O10S2. The van der Waals surface area contributed by atoms with E-state index in [0.29, 0.717) is 48.5 Å². The van der Waals surface area contributed by atoms with Crippen molar-refractivity contribution in [1.82, 2.24) is 9.46 Å². The summed E-state index contributed by atoms with van der Waals surface area (Å²) in [6, 6.07) is 3.91. The van der Waals surface area contributed by atoms with Gasteiger partial charge in [0.2, 0.25) is 23.5 Å². The SMILES string of the molecule is O=S(=O)(On1c(O)c2c(c1O)-c1c-2c(O)n(OS(=O)(=O)c2ccc(C(F)(F)F)cc2)c1O)c1ccc(C(F)(F)F)cc1. The quantitative estimate of drug-likeness (QED) is 0.201. The van der Waals surface area contributed by atoms with E-state index >= 15 is 0 Å². The first-order valence-corrected chi connectivity index (χ1v) is 13.7. The molecule has 0 radical (unpaired) electrons. The highest BCUT2D eigenvalue weighted by Gasteiger charge is 2.46. The lowest BCUT2D eigenvalue weighted by atomic mass is 9.86. The highest BCUT2D eigenvalue weighted by atomic mass is 32.2. The van der Waals surface area contributed by atoms with Gasteiger partial charge in [-0.25, -0.2) is 0 Å². The van der Waals surface area contributed by atoms with E-state index in [9.17, 15) is 63.6 Å². The van der Waals surface area contributed by atoms with Crippen LogP contribution in [0.25, 0.3) is 22.3 Å². The minimum absolute atomic E-state index is 0.0826. The standard InChI is InChI=1S/C22H12F6N2O10S2/c23-21(24,25)9-1-5-11(6-2-9)41(35,36)39-29-17(31)13-14(18(29)32)16-15(13)19(33)30(20(16)34)40-42(37,38)12-7-3-10(4-8-12)22(26,27)28/h1-8,31-34H. The zero-order chi connectivity index (χ0) is 31.2. The van der Waals surface area contributed by atoms with Crippen LogP contribution in [0.15, 0.2) is 58.3 Å². The van der Waals surface area contributed by atoms with Crippen LogP contribution >= 0.6 is 0 Å². The van der Waals surface area contributed by atoms with Gasteiger partial charge < -0.3 is 20.4 Å². The third-order valence-electron chi connectivity index (χ3n) is 5.95. The summed E-state index contributed by atoms with van der Waals surface area (Å²) in [6.45, 7) is 0. The second-order valence-corrected chi connectivity index (χ2v) is 11.5. The van der Waals surface area contributed by atoms with Crippen LogP contribution in [0.5, 0.6) is 23.5 Å². The third kappa shape index (κ3) is 4.38. The van der Waals surface area contributed by atoms with Crippen LogP contribution in [0.2, 0.25) is 0 Å². The molecule has 224 valence electrons. The Morgan fingerprint density at radius 1 is 0.500 bits per heavy atom. The Balaban J connectivity index is 1.46. The molecule has 0 bridgehead atoms. The molecule has 0 saturated carbocycles. The normalized spacial score (nSPS) is 13.3. The Labute approximate surface area is 229 Å². The maximum absolute atomic E-state index is 12.8. The average molecular weight is 642 g/mol. The van der Waals surface area contributed by atoms with Crippen molar-refractivity contribution in [3.8, 4) is 45.8 Å². The molecule has 0 atom stereocenters. The van der Waals surface area contributed by atoms with Crippen molar-refractivity contribution in [2.24, 2.45) is 0 Å². The van der Waals surface area contributed by atoms with Gasteiger partial charge in [0.1, 0.15) is 9.79 Å². The van der Waals surface area contributed by atoms with E-state index in [1.807, 2.05) is 0 Å². The lowest BCUT2D eigenvalue weighted by Gasteiger charge is -2.13. The van der Waals surface area contributed by atoms with E-state index in [4.69, 9.17) is 0 Å². The average Bonchev–Trinajstić information content (AvgIpc) is 3.18. The summed E-state index contributed by atoms with van der Waals surface area (Å²) in [5.74, 6) is -4.82. The summed E-state index contributed by atoms with van der Waals surface area (Å²) in [7, 11) is -9.98. The van der Waals surface area contributed by atoms with Gasteiger partial charge in [-0.1, -0.05) is 9.46 Å². The van der Waals surface area contributed by atoms with Crippen molar-refractivity contribution in [1.29, 1.82) is 0 Å². The van der Waals surface area contributed by atoms with E-state index in [-0.39, 0.29) is 9.46 Å². The predicted octanol–water partition coefficient (Wildman–Crippen LogP) is 3.43. The molecule has 1 aliphatic carbocycles. The first kappa shape index (κ1) is 28.8. The number of rotatable bonds is 6. The Morgan fingerprint density at radius 3 is 0.952 bits per heavy atom. The van der Waals surface area contributed by atoms with Gasteiger partial charge in [-0.3, -0.25) is 8.57 Å². The topological polar surface area (TPSA) is 178 Å². The molecule has 0 spiro atoms. The highest BCUT2D eigenvalue weighted by molar-refractivity contribution is 7.87. The summed E-state index contributed by atoms with van der Waals surface area (Å²) in [5, 5.41) is 42.0. The number of alkyl halides is 6. The molecule has 4 aromatic rings. The number of hydrogen-bond donors (Lipinski definition) is 4. The number of halogens is 6. The predicted molar refractivity (Wildman–Crippen MR) is 124 cm³/mol. The number of fused-ring (bicyclic) bond motifs is 4. The number of aromatic nitrogens is 2. The second-order valence-electron chi connectivity index (χ2n) is 8.48. The Morgan fingerprint density at radius 2 is 0.738 bits per heavy atom. The van der Waals surface area contributed by atoms with Crippen LogP contribution in [0.4, 0.5) is 26.3 Å². The van der Waals surface area contributed by atoms with Gasteiger partial charge in [0, 0.05) is 0 Å². The molecule has 5 rings (SSSR count). The number of nitrogens with zero attached hydrogens (tertiary/aromatic N) is 2. The van der Waals surface area contributed by atoms with E-state index < -0.39 is 99.3 Å². The van der Waals surface area contributed by atoms with Gasteiger partial charge in [-0.05, 0) is 48.5 Å². The molecule has 4 N–H and O–H groups in total. The molecule has 1 aliphatic rings. The van der Waals surface area contributed by atoms with E-state index in [1.54, 1.807) is 0 Å². The molecule has 0 saturated heterocycles. The van der Waals surface area contributed by atoms with Gasteiger partial charge in [0.05, 0.1) is 33.4 Å². The summed E-state index contributed by atoms with van der Waals surface area (Å²) in [4.78, 5) is -1.63. The van der Waals surface area contributed by atoms with Crippen LogP contribution in [-0.2, 0) is 32.6 Å². The van der Waals surface area contributed by atoms with Crippen molar-refractivity contribution in [2.45, 2.75) is 22.1 Å². The fraction of sp³-hybridized carbons (Fsp3) is 0.0909. The van der Waals surface area contributed by atoms with Crippen molar-refractivity contribution in [3.05, 3.63) is 59.7 Å². The molecule has 2 aromatic heterocycles. The Bertz CT molecular complexity index is 1750. The van der Waals surface area contributed by atoms with Crippen LogP contribution in [0, 0.1) is 0 Å². The molecule has 2 aromatic carbocycles. The van der Waals surface area contributed by atoms with Crippen molar-refractivity contribution < 1.29 is 72.2 Å². The van der Waals surface area contributed by atoms with Crippen molar-refractivity contribution >= 4 is 20.2 Å². The largest absolute Gasteiger partial charge is 0.492 e. The fourth-order valence-corrected chi connectivity index (χ4v) is 5.77. The van der Waals surface area contributed by atoms with E-state index in [2.05, 4.69) is 8.57 Å². The molecule has 0 unspecified atom stereocenters. The molecule has 42 heavy (non-hydrogen) atoms. The highest BCUT2D eigenvalue weighted by Crippen LogP contribution is 2.64. The zero-order valence-corrected chi connectivity index (χ0v) is 21.5. The van der Waals surface area contributed by atoms with Gasteiger partial charge in [0.15, 0.2) is 0 Å². The molecule has 2 heterocycles. The first-order valence-electron chi connectivity index (χ1n) is 10.8. The molecular weight excluding hydrogens is 630 g/mol. The summed E-state index contributed by atoms with van der Waals surface area (Å²) in [6.07, 6.45) is -9.55. The van der Waals surface area contributed by atoms with Crippen LogP contribution in [0.3, 0.4) is 0 Å². The molecule has 20 heteroatoms. The third-order valence-corrected chi connectivity index (χ3v) is 8.34. The van der Waals surface area contributed by atoms with Gasteiger partial charge in [-0.2, -0.15) is 43.2 Å². The molecule has 12 nitrogen and oxygen atoms in total. The maximum Gasteiger partial charge on any atom is 0.416 e. The monoisotopic (exact) mass is 642 g/mol. The summed E-state index contributed by atoms with van der Waals surface area (Å²) >= 11 is 0. The maximum atomic E-state index is 12.8. The van der Waals surface area contributed by atoms with Gasteiger partial charge >= 0.3 is 32.6 Å². The van der Waals surface area contributed by atoms with Crippen LogP contribution in [-0.4, -0.2) is 46.7 Å². The molecule has 0 aliphatic heterocycles. The van der Waals surface area contributed by atoms with Gasteiger partial charge in [0.25, 0.3) is 0 Å². The zero-order valence-electron chi connectivity index (χ0n) is 19.8. The number of hydrogen-bond acceptors (Lipinski definition) is 10. The minimum atomic E-state index is -4.99. The minimum Gasteiger partial charge on any atom is -0.492 e. The first-order chi connectivity index (χ1) is 19.3. The lowest BCUT2D eigenvalue weighted by Crippen LogP contribution is -2.20. The number of aromatic hydroxyl groups is 4.